The van der Waals surface area contributed by atoms with Crippen molar-refractivity contribution >= 4 is 12.0 Å². The Hall–Kier alpha value is -2.40. The first-order chi connectivity index (χ1) is 8.97. The number of aldehydes is 1. The number of pyridine rings is 1. The third kappa shape index (κ3) is 3.33. The SMILES string of the molecule is O=Cc1ncc(C(F)(F)F)c(OC(F)(F)F)c1[N+](=O)[O-]. The van der Waals surface area contributed by atoms with E-state index in [4.69, 9.17) is 0 Å². The molecule has 0 aliphatic heterocycles. The molecule has 0 aliphatic rings. The maximum absolute atomic E-state index is 12.5. The van der Waals surface area contributed by atoms with E-state index in [1.165, 1.54) is 0 Å². The molecule has 0 N–H and O–H groups in total. The lowest BCUT2D eigenvalue weighted by molar-refractivity contribution is -0.389. The summed E-state index contributed by atoms with van der Waals surface area (Å²) in [5.74, 6) is -2.13. The van der Waals surface area contributed by atoms with Crippen LogP contribution in [0.25, 0.3) is 0 Å². The van der Waals surface area contributed by atoms with Crippen molar-refractivity contribution in [3.05, 3.63) is 27.6 Å². The lowest BCUT2D eigenvalue weighted by Crippen LogP contribution is -2.22. The molecule has 0 fully saturated rings. The Morgan fingerprint density at radius 3 is 2.15 bits per heavy atom. The number of halogens is 6. The summed E-state index contributed by atoms with van der Waals surface area (Å²) in [5, 5.41) is 10.6. The van der Waals surface area contributed by atoms with E-state index in [1.54, 1.807) is 0 Å². The van der Waals surface area contributed by atoms with Crippen LogP contribution in [0.4, 0.5) is 32.0 Å². The Morgan fingerprint density at radius 1 is 1.25 bits per heavy atom. The van der Waals surface area contributed by atoms with Crippen molar-refractivity contribution in [2.75, 3.05) is 0 Å². The summed E-state index contributed by atoms with van der Waals surface area (Å²) in [6.45, 7) is 0. The second kappa shape index (κ2) is 4.94. The van der Waals surface area contributed by atoms with Crippen LogP contribution in [0.5, 0.6) is 5.75 Å². The highest BCUT2D eigenvalue weighted by atomic mass is 19.4. The zero-order chi connectivity index (χ0) is 15.7. The number of aromatic nitrogens is 1. The van der Waals surface area contributed by atoms with Crippen LogP contribution in [0.2, 0.25) is 0 Å². The van der Waals surface area contributed by atoms with Gasteiger partial charge in [-0.2, -0.15) is 13.2 Å². The molecule has 0 radical (unpaired) electrons. The molecule has 0 amide bonds. The van der Waals surface area contributed by atoms with Crippen molar-refractivity contribution in [3.8, 4) is 5.75 Å². The molecule has 6 nitrogen and oxygen atoms in total. The van der Waals surface area contributed by atoms with Gasteiger partial charge in [-0.15, -0.1) is 13.2 Å². The molecule has 20 heavy (non-hydrogen) atoms. The standard InChI is InChI=1S/C8H2F6N2O4/c9-7(10,11)3-1-15-4(2-17)5(16(18)19)6(3)20-8(12,13)14/h1-2H. The number of nitro groups is 1. The van der Waals surface area contributed by atoms with Gasteiger partial charge in [0.15, 0.2) is 12.0 Å². The predicted octanol–water partition coefficient (Wildman–Crippen LogP) is 2.72. The van der Waals surface area contributed by atoms with Gasteiger partial charge in [0.1, 0.15) is 5.56 Å². The Morgan fingerprint density at radius 2 is 1.80 bits per heavy atom. The van der Waals surface area contributed by atoms with Crippen molar-refractivity contribution in [1.29, 1.82) is 0 Å². The van der Waals surface area contributed by atoms with Crippen molar-refractivity contribution < 1.29 is 40.8 Å². The Balaban J connectivity index is 3.68. The lowest BCUT2D eigenvalue weighted by Gasteiger charge is -2.15. The van der Waals surface area contributed by atoms with Crippen molar-refractivity contribution in [1.82, 2.24) is 4.98 Å². The molecule has 0 saturated heterocycles. The van der Waals surface area contributed by atoms with Crippen LogP contribution in [0.1, 0.15) is 16.1 Å². The molecular weight excluding hydrogens is 302 g/mol. The number of carbonyl (C=O) groups is 1. The van der Waals surface area contributed by atoms with Gasteiger partial charge in [-0.05, 0) is 0 Å². The van der Waals surface area contributed by atoms with Crippen LogP contribution >= 0.6 is 0 Å². The largest absolute Gasteiger partial charge is 0.573 e. The van der Waals surface area contributed by atoms with Gasteiger partial charge in [0.05, 0.1) is 4.92 Å². The van der Waals surface area contributed by atoms with E-state index < -0.39 is 40.2 Å². The minimum atomic E-state index is -5.62. The summed E-state index contributed by atoms with van der Waals surface area (Å²) in [6.07, 6.45) is -11.5. The summed E-state index contributed by atoms with van der Waals surface area (Å²) < 4.78 is 76.7. The molecular formula is C8H2F6N2O4. The number of rotatable bonds is 3. The summed E-state index contributed by atoms with van der Waals surface area (Å²) in [7, 11) is 0. The first kappa shape index (κ1) is 15.7. The zero-order valence-corrected chi connectivity index (χ0v) is 8.95. The molecule has 1 rings (SSSR count). The minimum absolute atomic E-state index is 0.155. The fraction of sp³-hybridized carbons (Fsp3) is 0.250. The predicted molar refractivity (Wildman–Crippen MR) is 48.0 cm³/mol. The summed E-state index contributed by atoms with van der Waals surface area (Å²) >= 11 is 0. The number of alkyl halides is 6. The molecule has 0 saturated carbocycles. The van der Waals surface area contributed by atoms with Gasteiger partial charge >= 0.3 is 18.2 Å². The second-order valence-corrected chi connectivity index (χ2v) is 3.16. The van der Waals surface area contributed by atoms with E-state index >= 15 is 0 Å². The van der Waals surface area contributed by atoms with Crippen LogP contribution in [0.3, 0.4) is 0 Å². The molecule has 1 heterocycles. The molecule has 1 aromatic heterocycles. The van der Waals surface area contributed by atoms with Gasteiger partial charge in [0, 0.05) is 6.20 Å². The molecule has 0 spiro atoms. The highest BCUT2D eigenvalue weighted by Crippen LogP contribution is 2.43. The number of carbonyl (C=O) groups excluding carboxylic acids is 1. The van der Waals surface area contributed by atoms with Crippen molar-refractivity contribution in [2.45, 2.75) is 12.5 Å². The van der Waals surface area contributed by atoms with Gasteiger partial charge in [-0.25, -0.2) is 4.98 Å². The van der Waals surface area contributed by atoms with Crippen LogP contribution in [0, 0.1) is 10.1 Å². The molecule has 0 aromatic carbocycles. The van der Waals surface area contributed by atoms with E-state index in [2.05, 4.69) is 9.72 Å². The number of ether oxygens (including phenoxy) is 1. The monoisotopic (exact) mass is 304 g/mol. The molecule has 110 valence electrons. The molecule has 0 atom stereocenters. The van der Waals surface area contributed by atoms with E-state index in [0.717, 1.165) is 0 Å². The first-order valence-electron chi connectivity index (χ1n) is 4.43. The molecule has 0 unspecified atom stereocenters. The highest BCUT2D eigenvalue weighted by Gasteiger charge is 2.45. The van der Waals surface area contributed by atoms with Gasteiger partial charge in [0.25, 0.3) is 0 Å². The third-order valence-electron chi connectivity index (χ3n) is 1.85. The number of hydrogen-bond donors (Lipinski definition) is 0. The Kier molecular flexibility index (Phi) is 3.87. The summed E-state index contributed by atoms with van der Waals surface area (Å²) in [4.78, 5) is 22.2. The number of nitrogens with zero attached hydrogens (tertiary/aromatic N) is 2. The normalized spacial score (nSPS) is 12.1. The first-order valence-corrected chi connectivity index (χ1v) is 4.43. The van der Waals surface area contributed by atoms with Gasteiger partial charge in [-0.3, -0.25) is 14.9 Å². The van der Waals surface area contributed by atoms with Crippen LogP contribution in [-0.4, -0.2) is 22.6 Å². The molecule has 0 bridgehead atoms. The summed E-state index contributed by atoms with van der Waals surface area (Å²) in [5.41, 5.74) is -5.15. The topological polar surface area (TPSA) is 82.3 Å². The minimum Gasteiger partial charge on any atom is -0.398 e. The van der Waals surface area contributed by atoms with Gasteiger partial charge < -0.3 is 4.74 Å². The van der Waals surface area contributed by atoms with Crippen LogP contribution < -0.4 is 4.74 Å². The van der Waals surface area contributed by atoms with E-state index in [1.807, 2.05) is 0 Å². The van der Waals surface area contributed by atoms with Gasteiger partial charge in [-0.1, -0.05) is 0 Å². The summed E-state index contributed by atoms with van der Waals surface area (Å²) in [6, 6.07) is 0. The zero-order valence-electron chi connectivity index (χ0n) is 8.95. The third-order valence-corrected chi connectivity index (χ3v) is 1.85. The van der Waals surface area contributed by atoms with E-state index in [0.29, 0.717) is 0 Å². The molecule has 12 heteroatoms. The fourth-order valence-corrected chi connectivity index (χ4v) is 1.18. The van der Waals surface area contributed by atoms with Gasteiger partial charge in [0.2, 0.25) is 5.75 Å². The molecule has 0 aliphatic carbocycles. The second-order valence-electron chi connectivity index (χ2n) is 3.16. The lowest BCUT2D eigenvalue weighted by atomic mass is 10.2. The maximum atomic E-state index is 12.5. The van der Waals surface area contributed by atoms with Crippen LogP contribution in [-0.2, 0) is 6.18 Å². The quantitative estimate of drug-likeness (QED) is 0.371. The smallest absolute Gasteiger partial charge is 0.398 e. The highest BCUT2D eigenvalue weighted by molar-refractivity contribution is 5.81. The molecule has 1 aromatic rings. The van der Waals surface area contributed by atoms with Crippen molar-refractivity contribution in [2.24, 2.45) is 0 Å². The fourth-order valence-electron chi connectivity index (χ4n) is 1.18. The maximum Gasteiger partial charge on any atom is 0.573 e. The van der Waals surface area contributed by atoms with E-state index in [9.17, 15) is 41.3 Å². The average Bonchev–Trinajstić information content (AvgIpc) is 2.23. The Labute approximate surface area is 105 Å². The van der Waals surface area contributed by atoms with Crippen LogP contribution in [0.15, 0.2) is 6.20 Å². The van der Waals surface area contributed by atoms with Crippen molar-refractivity contribution in [3.63, 3.8) is 0 Å². The average molecular weight is 304 g/mol. The van der Waals surface area contributed by atoms with E-state index in [-0.39, 0.29) is 12.5 Å². The Bertz CT molecular complexity index is 553. The number of hydrogen-bond acceptors (Lipinski definition) is 5.